The molecule has 3 unspecified atom stereocenters. The molecule has 0 spiro atoms. The highest BCUT2D eigenvalue weighted by molar-refractivity contribution is 6.48. The minimum atomic E-state index is -0.871. The van der Waals surface area contributed by atoms with Crippen LogP contribution in [0.5, 0.6) is 0 Å². The number of unbranched alkanes of at least 4 members (excludes halogenated alkanes) is 5. The van der Waals surface area contributed by atoms with Crippen LogP contribution in [-0.2, 0) is 18.8 Å². The van der Waals surface area contributed by atoms with Crippen LogP contribution in [-0.4, -0.2) is 34.5 Å². The predicted molar refractivity (Wildman–Crippen MR) is 136 cm³/mol. The first-order valence-corrected chi connectivity index (χ1v) is 16.1. The number of carbonyl (C=O) groups excluding carboxylic acids is 2. The maximum atomic E-state index is 12.5. The van der Waals surface area contributed by atoms with Gasteiger partial charge < -0.3 is 9.16 Å². The normalized spacial score (nSPS) is 20.2. The molecular weight excluding hydrogens is 416 g/mol. The van der Waals surface area contributed by atoms with Crippen molar-refractivity contribution in [3.8, 4) is 0 Å². The van der Waals surface area contributed by atoms with Crippen molar-refractivity contribution < 1.29 is 18.8 Å². The van der Waals surface area contributed by atoms with E-state index in [4.69, 9.17) is 9.16 Å². The summed E-state index contributed by atoms with van der Waals surface area (Å²) in [7, 11) is 0.576. The van der Waals surface area contributed by atoms with Gasteiger partial charge in [-0.2, -0.15) is 0 Å². The van der Waals surface area contributed by atoms with E-state index in [0.717, 1.165) is 57.5 Å². The number of Topliss-reactive ketones (excluding diaryl/α,β-unsaturated/α-hetero) is 1. The van der Waals surface area contributed by atoms with Crippen LogP contribution < -0.4 is 0 Å². The van der Waals surface area contributed by atoms with E-state index < -0.39 is 9.04 Å². The Kier molecular flexibility index (Phi) is 14.7. The summed E-state index contributed by atoms with van der Waals surface area (Å²) in [4.78, 5) is 23.7. The van der Waals surface area contributed by atoms with Gasteiger partial charge in [0.1, 0.15) is 5.78 Å². The Morgan fingerprint density at radius 1 is 1.00 bits per heavy atom. The molecule has 3 atom stereocenters. The number of rotatable bonds is 17. The Labute approximate surface area is 200 Å². The number of ether oxygens (including phenoxy) is 1. The smallest absolute Gasteiger partial charge is 0.305 e. The third kappa shape index (κ3) is 12.5. The lowest BCUT2D eigenvalue weighted by molar-refractivity contribution is -0.140. The van der Waals surface area contributed by atoms with Crippen molar-refractivity contribution in [2.24, 2.45) is 23.2 Å². The first kappa shape index (κ1) is 29.3. The third-order valence-corrected chi connectivity index (χ3v) is 8.28. The minimum absolute atomic E-state index is 0.116. The maximum absolute atomic E-state index is 12.5. The highest BCUT2D eigenvalue weighted by Crippen LogP contribution is 2.40. The summed E-state index contributed by atoms with van der Waals surface area (Å²) in [5.41, 5.74) is 0.332. The number of methoxy groups -OCH3 is 1. The molecule has 0 aromatic heterocycles. The summed E-state index contributed by atoms with van der Waals surface area (Å²) >= 11 is 0. The molecule has 32 heavy (non-hydrogen) atoms. The molecule has 188 valence electrons. The molecule has 1 rings (SSSR count). The van der Waals surface area contributed by atoms with Gasteiger partial charge in [-0.3, -0.25) is 9.59 Å². The SMILES string of the molecule is COC(=O)CCCCCCC1C(=O)CCC1CCC(CCCCCO[SiH](C)C)C(C)(C)C. The van der Waals surface area contributed by atoms with Gasteiger partial charge in [0, 0.05) is 25.4 Å². The summed E-state index contributed by atoms with van der Waals surface area (Å²) in [5, 5.41) is 0. The summed E-state index contributed by atoms with van der Waals surface area (Å²) in [6.07, 6.45) is 15.1. The maximum Gasteiger partial charge on any atom is 0.305 e. The lowest BCUT2D eigenvalue weighted by atomic mass is 9.73. The second-order valence-corrected chi connectivity index (χ2v) is 13.7. The van der Waals surface area contributed by atoms with Gasteiger partial charge in [-0.15, -0.1) is 0 Å². The molecule has 0 saturated heterocycles. The Hall–Kier alpha value is -0.683. The zero-order valence-corrected chi connectivity index (χ0v) is 23.2. The topological polar surface area (TPSA) is 52.6 Å². The molecule has 0 amide bonds. The Morgan fingerprint density at radius 2 is 1.69 bits per heavy atom. The Balaban J connectivity index is 2.35. The largest absolute Gasteiger partial charge is 0.469 e. The van der Waals surface area contributed by atoms with Crippen LogP contribution in [0, 0.1) is 23.2 Å². The fraction of sp³-hybridized carbons (Fsp3) is 0.926. The van der Waals surface area contributed by atoms with Gasteiger partial charge in [-0.05, 0) is 75.3 Å². The van der Waals surface area contributed by atoms with Gasteiger partial charge >= 0.3 is 5.97 Å². The van der Waals surface area contributed by atoms with Gasteiger partial charge in [0.15, 0.2) is 9.04 Å². The number of carbonyl (C=O) groups is 2. The van der Waals surface area contributed by atoms with Gasteiger partial charge in [0.2, 0.25) is 0 Å². The lowest BCUT2D eigenvalue weighted by Gasteiger charge is -2.32. The van der Waals surface area contributed by atoms with E-state index in [1.54, 1.807) is 0 Å². The standard InChI is InChI=1S/C27H52O4Si/c1-27(2,3)23(14-10-9-13-21-31-32(5)6)19-17-22-18-20-25(28)24(22)15-11-7-8-12-16-26(29)30-4/h22-24,32H,7-21H2,1-6H3. The molecule has 0 N–H and O–H groups in total. The number of esters is 1. The third-order valence-electron chi connectivity index (χ3n) is 7.38. The van der Waals surface area contributed by atoms with E-state index in [9.17, 15) is 9.59 Å². The van der Waals surface area contributed by atoms with Crippen molar-refractivity contribution in [3.05, 3.63) is 0 Å². The molecule has 5 heteroatoms. The number of hydrogen-bond acceptors (Lipinski definition) is 4. The number of hydrogen-bond donors (Lipinski definition) is 0. The van der Waals surface area contributed by atoms with E-state index in [1.165, 1.54) is 45.6 Å². The van der Waals surface area contributed by atoms with Crippen LogP contribution in [0.2, 0.25) is 13.1 Å². The molecule has 1 aliphatic carbocycles. The van der Waals surface area contributed by atoms with Crippen LogP contribution in [0.3, 0.4) is 0 Å². The van der Waals surface area contributed by atoms with Crippen molar-refractivity contribution in [2.45, 2.75) is 124 Å². The molecular formula is C27H52O4Si. The summed E-state index contributed by atoms with van der Waals surface area (Å²) < 4.78 is 10.5. The molecule has 0 heterocycles. The summed E-state index contributed by atoms with van der Waals surface area (Å²) in [6, 6.07) is 0. The van der Waals surface area contributed by atoms with E-state index in [2.05, 4.69) is 33.9 Å². The zero-order valence-electron chi connectivity index (χ0n) is 22.0. The minimum Gasteiger partial charge on any atom is -0.469 e. The monoisotopic (exact) mass is 468 g/mol. The molecule has 0 aromatic carbocycles. The van der Waals surface area contributed by atoms with E-state index in [1.807, 2.05) is 0 Å². The Bertz CT molecular complexity index is 526. The van der Waals surface area contributed by atoms with Gasteiger partial charge in [0.05, 0.1) is 7.11 Å². The summed E-state index contributed by atoms with van der Waals surface area (Å²) in [5.74, 6) is 2.00. The molecule has 0 aliphatic heterocycles. The molecule has 0 radical (unpaired) electrons. The lowest BCUT2D eigenvalue weighted by Crippen LogP contribution is -2.23. The molecule has 0 bridgehead atoms. The van der Waals surface area contributed by atoms with Crippen molar-refractivity contribution >= 4 is 20.8 Å². The molecule has 4 nitrogen and oxygen atoms in total. The van der Waals surface area contributed by atoms with Gasteiger partial charge in [-0.25, -0.2) is 0 Å². The van der Waals surface area contributed by atoms with Gasteiger partial charge in [0.25, 0.3) is 0 Å². The molecule has 1 fully saturated rings. The van der Waals surface area contributed by atoms with Crippen LogP contribution in [0.15, 0.2) is 0 Å². The van der Waals surface area contributed by atoms with E-state index in [-0.39, 0.29) is 11.9 Å². The first-order chi connectivity index (χ1) is 15.1. The van der Waals surface area contributed by atoms with Crippen LogP contribution in [0.1, 0.15) is 111 Å². The average molecular weight is 469 g/mol. The van der Waals surface area contributed by atoms with Crippen molar-refractivity contribution in [3.63, 3.8) is 0 Å². The zero-order chi connectivity index (χ0) is 24.0. The van der Waals surface area contributed by atoms with Gasteiger partial charge in [-0.1, -0.05) is 52.9 Å². The van der Waals surface area contributed by atoms with Crippen molar-refractivity contribution in [2.75, 3.05) is 13.7 Å². The van der Waals surface area contributed by atoms with Crippen molar-refractivity contribution in [1.82, 2.24) is 0 Å². The van der Waals surface area contributed by atoms with E-state index in [0.29, 0.717) is 23.5 Å². The van der Waals surface area contributed by atoms with Crippen molar-refractivity contribution in [1.29, 1.82) is 0 Å². The summed E-state index contributed by atoms with van der Waals surface area (Å²) in [6.45, 7) is 12.6. The average Bonchev–Trinajstić information content (AvgIpc) is 3.07. The van der Waals surface area contributed by atoms with E-state index >= 15 is 0 Å². The fourth-order valence-electron chi connectivity index (χ4n) is 5.22. The molecule has 1 saturated carbocycles. The highest BCUT2D eigenvalue weighted by atomic mass is 28.3. The van der Waals surface area contributed by atoms with Crippen LogP contribution in [0.4, 0.5) is 0 Å². The Morgan fingerprint density at radius 3 is 2.34 bits per heavy atom. The second kappa shape index (κ2) is 16.0. The van der Waals surface area contributed by atoms with Crippen LogP contribution >= 0.6 is 0 Å². The quantitative estimate of drug-likeness (QED) is 0.130. The fourth-order valence-corrected chi connectivity index (χ4v) is 5.86. The predicted octanol–water partition coefficient (Wildman–Crippen LogP) is 7.10. The number of ketones is 1. The molecule has 1 aliphatic rings. The second-order valence-electron chi connectivity index (χ2n) is 11.3. The highest BCUT2D eigenvalue weighted by Gasteiger charge is 2.35. The molecule has 0 aromatic rings. The first-order valence-electron chi connectivity index (χ1n) is 13.4. The van der Waals surface area contributed by atoms with Crippen LogP contribution in [0.25, 0.3) is 0 Å².